The lowest BCUT2D eigenvalue weighted by molar-refractivity contribution is -0.684. The van der Waals surface area contributed by atoms with Crippen molar-refractivity contribution in [3.63, 3.8) is 0 Å². The van der Waals surface area contributed by atoms with Crippen LogP contribution in [0.2, 0.25) is 0 Å². The number of benzene rings is 2. The second-order valence-electron chi connectivity index (χ2n) is 6.94. The Hall–Kier alpha value is -3.67. The van der Waals surface area contributed by atoms with Crippen molar-refractivity contribution < 1.29 is 18.9 Å². The molecule has 0 spiro atoms. The van der Waals surface area contributed by atoms with Crippen LogP contribution in [-0.2, 0) is 17.8 Å². The van der Waals surface area contributed by atoms with Gasteiger partial charge in [0, 0.05) is 29.1 Å². The van der Waals surface area contributed by atoms with E-state index in [2.05, 4.69) is 17.6 Å². The van der Waals surface area contributed by atoms with Gasteiger partial charge in [0.1, 0.15) is 5.75 Å². The number of rotatable bonds is 8. The molecule has 3 rings (SSSR count). The van der Waals surface area contributed by atoms with Crippen molar-refractivity contribution in [2.75, 3.05) is 17.7 Å². The van der Waals surface area contributed by atoms with Crippen molar-refractivity contribution >= 4 is 23.2 Å². The molecule has 2 amide bonds. The van der Waals surface area contributed by atoms with Crippen LogP contribution in [0.15, 0.2) is 73.1 Å². The van der Waals surface area contributed by atoms with Crippen molar-refractivity contribution in [3.8, 4) is 5.75 Å². The number of methoxy groups -OCH3 is 1. The number of nitrogens with zero attached hydrogens (tertiary/aromatic N) is 1. The molecule has 30 heavy (non-hydrogen) atoms. The quantitative estimate of drug-likeness (QED) is 0.561. The lowest BCUT2D eigenvalue weighted by Crippen LogP contribution is -2.39. The van der Waals surface area contributed by atoms with Crippen molar-refractivity contribution in [2.45, 2.75) is 26.3 Å². The number of anilines is 2. The predicted octanol–water partition coefficient (Wildman–Crippen LogP) is 3.83. The first kappa shape index (κ1) is 21.0. The summed E-state index contributed by atoms with van der Waals surface area (Å²) in [6.07, 6.45) is 5.96. The number of carbonyl (C=O) groups excluding carboxylic acids is 2. The third-order valence-corrected chi connectivity index (χ3v) is 4.60. The minimum Gasteiger partial charge on any atom is -0.497 e. The van der Waals surface area contributed by atoms with Crippen LogP contribution in [0.4, 0.5) is 11.4 Å². The van der Waals surface area contributed by atoms with E-state index >= 15 is 0 Å². The molecule has 154 valence electrons. The molecular weight excluding hydrogens is 378 g/mol. The van der Waals surface area contributed by atoms with E-state index in [-0.39, 0.29) is 18.4 Å². The maximum absolute atomic E-state index is 12.4. The molecule has 0 aliphatic heterocycles. The van der Waals surface area contributed by atoms with E-state index in [4.69, 9.17) is 4.74 Å². The third kappa shape index (κ3) is 5.91. The highest BCUT2D eigenvalue weighted by Crippen LogP contribution is 2.16. The highest BCUT2D eigenvalue weighted by Gasteiger charge is 2.11. The van der Waals surface area contributed by atoms with Gasteiger partial charge in [-0.2, -0.15) is 4.57 Å². The molecule has 0 saturated heterocycles. The van der Waals surface area contributed by atoms with Crippen molar-refractivity contribution in [3.05, 3.63) is 84.2 Å². The molecule has 0 unspecified atom stereocenters. The summed E-state index contributed by atoms with van der Waals surface area (Å²) >= 11 is 0. The van der Waals surface area contributed by atoms with E-state index in [0.29, 0.717) is 16.9 Å². The normalized spacial score (nSPS) is 10.3. The third-order valence-electron chi connectivity index (χ3n) is 4.60. The topological polar surface area (TPSA) is 71.3 Å². The molecule has 6 nitrogen and oxygen atoms in total. The van der Waals surface area contributed by atoms with Crippen molar-refractivity contribution in [1.29, 1.82) is 0 Å². The van der Waals surface area contributed by atoms with Gasteiger partial charge in [-0.05, 0) is 60.5 Å². The molecule has 0 aliphatic carbocycles. The molecule has 1 heterocycles. The van der Waals surface area contributed by atoms with Gasteiger partial charge >= 0.3 is 0 Å². The molecule has 0 aliphatic rings. The first-order chi connectivity index (χ1) is 14.6. The van der Waals surface area contributed by atoms with Crippen LogP contribution in [0.1, 0.15) is 29.3 Å². The lowest BCUT2D eigenvalue weighted by atomic mass is 10.1. The molecule has 0 bridgehead atoms. The van der Waals surface area contributed by atoms with Crippen LogP contribution in [0.5, 0.6) is 5.75 Å². The molecule has 2 aromatic carbocycles. The number of carbonyl (C=O) groups is 2. The van der Waals surface area contributed by atoms with Crippen LogP contribution in [0.25, 0.3) is 0 Å². The van der Waals surface area contributed by atoms with E-state index in [0.717, 1.165) is 18.6 Å². The Morgan fingerprint density at radius 3 is 2.07 bits per heavy atom. The number of amides is 2. The smallest absolute Gasteiger partial charge is 0.290 e. The van der Waals surface area contributed by atoms with Crippen LogP contribution >= 0.6 is 0 Å². The highest BCUT2D eigenvalue weighted by atomic mass is 16.5. The van der Waals surface area contributed by atoms with Crippen LogP contribution in [0.3, 0.4) is 0 Å². The Morgan fingerprint density at radius 1 is 0.867 bits per heavy atom. The number of hydrogen-bond acceptors (Lipinski definition) is 3. The van der Waals surface area contributed by atoms with Gasteiger partial charge in [0.25, 0.3) is 11.8 Å². The number of ether oxygens (including phenoxy) is 1. The lowest BCUT2D eigenvalue weighted by Gasteiger charge is -2.08. The molecule has 0 fully saturated rings. The fraction of sp³-hybridized carbons (Fsp3) is 0.208. The van der Waals surface area contributed by atoms with Crippen LogP contribution in [-0.4, -0.2) is 18.9 Å². The first-order valence-electron chi connectivity index (χ1n) is 9.90. The number of aromatic nitrogens is 1. The fourth-order valence-corrected chi connectivity index (χ4v) is 3.00. The SMILES string of the molecule is CCCc1cc[n+](CC(=O)Nc2ccc(C(=O)Nc3ccc(OC)cc3)cc2)cc1. The van der Waals surface area contributed by atoms with E-state index in [1.165, 1.54) is 5.56 Å². The monoisotopic (exact) mass is 404 g/mol. The van der Waals surface area contributed by atoms with Gasteiger partial charge in [-0.25, -0.2) is 0 Å². The van der Waals surface area contributed by atoms with Gasteiger partial charge in [0.15, 0.2) is 12.4 Å². The second-order valence-corrected chi connectivity index (χ2v) is 6.94. The maximum atomic E-state index is 12.4. The highest BCUT2D eigenvalue weighted by molar-refractivity contribution is 6.04. The number of pyridine rings is 1. The standard InChI is InChI=1S/C24H25N3O3/c1-3-4-18-13-15-27(16-14-18)17-23(28)25-20-7-5-19(6-8-20)24(29)26-21-9-11-22(30-2)12-10-21/h5-16H,3-4,17H2,1-2H3,(H-,25,26,28,29)/p+1. The minimum absolute atomic E-state index is 0.126. The molecule has 6 heteroatoms. The molecule has 0 radical (unpaired) electrons. The molecule has 0 atom stereocenters. The number of nitrogens with one attached hydrogen (secondary N) is 2. The fourth-order valence-electron chi connectivity index (χ4n) is 3.00. The Morgan fingerprint density at radius 2 is 1.47 bits per heavy atom. The van der Waals surface area contributed by atoms with Gasteiger partial charge in [0.2, 0.25) is 6.54 Å². The zero-order chi connectivity index (χ0) is 21.3. The van der Waals surface area contributed by atoms with Gasteiger partial charge in [-0.1, -0.05) is 13.3 Å². The first-order valence-corrected chi connectivity index (χ1v) is 9.90. The molecule has 1 aromatic heterocycles. The summed E-state index contributed by atoms with van der Waals surface area (Å²) in [6.45, 7) is 2.37. The summed E-state index contributed by atoms with van der Waals surface area (Å²) < 4.78 is 6.95. The minimum atomic E-state index is -0.222. The second kappa shape index (κ2) is 10.2. The van der Waals surface area contributed by atoms with Gasteiger partial charge < -0.3 is 15.4 Å². The summed E-state index contributed by atoms with van der Waals surface area (Å²) in [5.74, 6) is 0.377. The molecule has 2 N–H and O–H groups in total. The Kier molecular flexibility index (Phi) is 7.16. The molecule has 0 saturated carbocycles. The van der Waals surface area contributed by atoms with Gasteiger partial charge in [-0.3, -0.25) is 9.59 Å². The van der Waals surface area contributed by atoms with Gasteiger partial charge in [-0.15, -0.1) is 0 Å². The summed E-state index contributed by atoms with van der Waals surface area (Å²) in [7, 11) is 1.59. The largest absolute Gasteiger partial charge is 0.497 e. The summed E-state index contributed by atoms with van der Waals surface area (Å²) in [5, 5.41) is 5.68. The van der Waals surface area contributed by atoms with E-state index in [1.807, 2.05) is 29.1 Å². The van der Waals surface area contributed by atoms with Crippen molar-refractivity contribution in [1.82, 2.24) is 0 Å². The average Bonchev–Trinajstić information content (AvgIpc) is 2.76. The van der Waals surface area contributed by atoms with Crippen LogP contribution < -0.4 is 19.9 Å². The van der Waals surface area contributed by atoms with E-state index in [9.17, 15) is 9.59 Å². The Bertz CT molecular complexity index is 982. The number of aryl methyl sites for hydroxylation is 1. The Labute approximate surface area is 176 Å². The van der Waals surface area contributed by atoms with E-state index < -0.39 is 0 Å². The van der Waals surface area contributed by atoms with E-state index in [1.54, 1.807) is 55.6 Å². The zero-order valence-corrected chi connectivity index (χ0v) is 17.2. The summed E-state index contributed by atoms with van der Waals surface area (Å²) in [6, 6.07) is 18.0. The summed E-state index contributed by atoms with van der Waals surface area (Å²) in [5.41, 5.74) is 3.09. The average molecular weight is 404 g/mol. The maximum Gasteiger partial charge on any atom is 0.290 e. The summed E-state index contributed by atoms with van der Waals surface area (Å²) in [4.78, 5) is 24.7. The molecule has 3 aromatic rings. The van der Waals surface area contributed by atoms with Gasteiger partial charge in [0.05, 0.1) is 7.11 Å². The van der Waals surface area contributed by atoms with Crippen molar-refractivity contribution in [2.24, 2.45) is 0 Å². The number of hydrogen-bond donors (Lipinski definition) is 2. The Balaban J connectivity index is 1.54. The predicted molar refractivity (Wildman–Crippen MR) is 117 cm³/mol. The van der Waals surface area contributed by atoms with Crippen LogP contribution in [0, 0.1) is 0 Å². The molecular formula is C24H26N3O3+. The zero-order valence-electron chi connectivity index (χ0n) is 17.2.